The molecule has 0 bridgehead atoms. The van der Waals surface area contributed by atoms with Crippen molar-refractivity contribution in [1.82, 2.24) is 25.6 Å². The SMILES string of the molecule is CCn1c(SCC(=O)NNC(=O)CSc2ccc(C)cc2)nnc1-c1ccco1. The van der Waals surface area contributed by atoms with E-state index in [9.17, 15) is 9.59 Å². The Morgan fingerprint density at radius 3 is 2.34 bits per heavy atom. The third-order valence-corrected chi connectivity index (χ3v) is 5.82. The number of hydrogen-bond donors (Lipinski definition) is 2. The molecular weight excluding hydrogens is 410 g/mol. The van der Waals surface area contributed by atoms with Crippen molar-refractivity contribution in [3.8, 4) is 11.6 Å². The Morgan fingerprint density at radius 1 is 1.03 bits per heavy atom. The molecule has 2 N–H and O–H groups in total. The van der Waals surface area contributed by atoms with E-state index in [1.54, 1.807) is 12.3 Å². The van der Waals surface area contributed by atoms with Gasteiger partial charge in [-0.3, -0.25) is 25.0 Å². The minimum atomic E-state index is -0.325. The van der Waals surface area contributed by atoms with Crippen LogP contribution in [0.4, 0.5) is 0 Å². The molecule has 2 aromatic heterocycles. The van der Waals surface area contributed by atoms with E-state index in [0.29, 0.717) is 23.3 Å². The number of aryl methyl sites for hydroxylation is 1. The zero-order valence-electron chi connectivity index (χ0n) is 16.0. The van der Waals surface area contributed by atoms with Crippen LogP contribution in [0.2, 0.25) is 0 Å². The summed E-state index contributed by atoms with van der Waals surface area (Å²) in [6.45, 7) is 4.61. The van der Waals surface area contributed by atoms with Crippen LogP contribution in [-0.2, 0) is 16.1 Å². The molecule has 0 saturated carbocycles. The van der Waals surface area contributed by atoms with Gasteiger partial charge in [0.25, 0.3) is 0 Å². The predicted octanol–water partition coefficient (Wildman–Crippen LogP) is 2.90. The third kappa shape index (κ3) is 5.88. The minimum Gasteiger partial charge on any atom is -0.461 e. The summed E-state index contributed by atoms with van der Waals surface area (Å²) in [6.07, 6.45) is 1.57. The highest BCUT2D eigenvalue weighted by atomic mass is 32.2. The number of rotatable bonds is 8. The first-order valence-electron chi connectivity index (χ1n) is 8.94. The van der Waals surface area contributed by atoms with E-state index >= 15 is 0 Å². The number of thioether (sulfide) groups is 2. The van der Waals surface area contributed by atoms with Gasteiger partial charge < -0.3 is 4.42 Å². The summed E-state index contributed by atoms with van der Waals surface area (Å²) in [5.41, 5.74) is 6.01. The summed E-state index contributed by atoms with van der Waals surface area (Å²) >= 11 is 2.65. The number of hydrazine groups is 1. The van der Waals surface area contributed by atoms with E-state index < -0.39 is 0 Å². The molecule has 8 nitrogen and oxygen atoms in total. The molecule has 3 rings (SSSR count). The summed E-state index contributed by atoms with van der Waals surface area (Å²) in [7, 11) is 0. The molecule has 0 fully saturated rings. The Hall–Kier alpha value is -2.72. The van der Waals surface area contributed by atoms with Crippen LogP contribution in [0, 0.1) is 6.92 Å². The monoisotopic (exact) mass is 431 g/mol. The van der Waals surface area contributed by atoms with Crippen molar-refractivity contribution in [3.05, 3.63) is 48.2 Å². The second kappa shape index (κ2) is 10.2. The molecule has 2 heterocycles. The van der Waals surface area contributed by atoms with Crippen molar-refractivity contribution in [2.45, 2.75) is 30.4 Å². The number of carbonyl (C=O) groups excluding carboxylic acids is 2. The number of carbonyl (C=O) groups is 2. The summed E-state index contributed by atoms with van der Waals surface area (Å²) in [4.78, 5) is 24.9. The Labute approximate surface area is 176 Å². The van der Waals surface area contributed by atoms with Gasteiger partial charge >= 0.3 is 0 Å². The van der Waals surface area contributed by atoms with E-state index in [-0.39, 0.29) is 23.3 Å². The maximum atomic E-state index is 12.0. The number of furan rings is 1. The van der Waals surface area contributed by atoms with Gasteiger partial charge in [-0.1, -0.05) is 29.5 Å². The molecule has 0 unspecified atom stereocenters. The van der Waals surface area contributed by atoms with Crippen molar-refractivity contribution in [1.29, 1.82) is 0 Å². The second-order valence-electron chi connectivity index (χ2n) is 6.01. The quantitative estimate of drug-likeness (QED) is 0.418. The van der Waals surface area contributed by atoms with Crippen molar-refractivity contribution in [2.24, 2.45) is 0 Å². The lowest BCUT2D eigenvalue weighted by Gasteiger charge is -2.08. The van der Waals surface area contributed by atoms with Crippen molar-refractivity contribution < 1.29 is 14.0 Å². The van der Waals surface area contributed by atoms with Gasteiger partial charge in [0.1, 0.15) is 0 Å². The Kier molecular flexibility index (Phi) is 7.36. The Morgan fingerprint density at radius 2 is 1.72 bits per heavy atom. The summed E-state index contributed by atoms with van der Waals surface area (Å²) in [6, 6.07) is 11.5. The van der Waals surface area contributed by atoms with Gasteiger partial charge in [0.15, 0.2) is 16.7 Å². The standard InChI is InChI=1S/C19H21N5O3S2/c1-3-24-18(15-5-4-10-27-15)22-23-19(24)29-12-17(26)21-20-16(25)11-28-14-8-6-13(2)7-9-14/h4-10H,3,11-12H2,1-2H3,(H,20,25)(H,21,26). The molecule has 0 atom stereocenters. The lowest BCUT2D eigenvalue weighted by Crippen LogP contribution is -2.43. The molecular formula is C19H21N5O3S2. The van der Waals surface area contributed by atoms with E-state index in [0.717, 1.165) is 4.90 Å². The summed E-state index contributed by atoms with van der Waals surface area (Å²) < 4.78 is 7.23. The number of nitrogens with one attached hydrogen (secondary N) is 2. The number of nitrogens with zero attached hydrogens (tertiary/aromatic N) is 3. The molecule has 1 aromatic carbocycles. The summed E-state index contributed by atoms with van der Waals surface area (Å²) in [5.74, 6) is 0.949. The molecule has 2 amide bonds. The van der Waals surface area contributed by atoms with Crippen molar-refractivity contribution >= 4 is 35.3 Å². The number of benzene rings is 1. The first-order chi connectivity index (χ1) is 14.1. The molecule has 3 aromatic rings. The van der Waals surface area contributed by atoms with E-state index in [1.165, 1.54) is 29.1 Å². The zero-order chi connectivity index (χ0) is 20.6. The van der Waals surface area contributed by atoms with Crippen LogP contribution in [0.1, 0.15) is 12.5 Å². The minimum absolute atomic E-state index is 0.0989. The van der Waals surface area contributed by atoms with Gasteiger partial charge in [0.2, 0.25) is 11.8 Å². The van der Waals surface area contributed by atoms with Crippen LogP contribution in [-0.4, -0.2) is 38.1 Å². The van der Waals surface area contributed by atoms with Crippen molar-refractivity contribution in [3.63, 3.8) is 0 Å². The van der Waals surface area contributed by atoms with E-state index in [2.05, 4.69) is 21.0 Å². The maximum absolute atomic E-state index is 12.0. The fourth-order valence-corrected chi connectivity index (χ4v) is 3.89. The van der Waals surface area contributed by atoms with Gasteiger partial charge in [-0.2, -0.15) is 0 Å². The average Bonchev–Trinajstić information content (AvgIpc) is 3.39. The fraction of sp³-hybridized carbons (Fsp3) is 0.263. The van der Waals surface area contributed by atoms with Crippen LogP contribution in [0.5, 0.6) is 0 Å². The lowest BCUT2D eigenvalue weighted by molar-refractivity contribution is -0.126. The molecule has 10 heteroatoms. The number of hydrogen-bond acceptors (Lipinski definition) is 7. The van der Waals surface area contributed by atoms with Crippen LogP contribution >= 0.6 is 23.5 Å². The number of amides is 2. The molecule has 0 spiro atoms. The first-order valence-corrected chi connectivity index (χ1v) is 10.9. The number of aromatic nitrogens is 3. The summed E-state index contributed by atoms with van der Waals surface area (Å²) in [5, 5.41) is 8.87. The Balaban J connectivity index is 1.43. The molecule has 0 radical (unpaired) electrons. The van der Waals surface area contributed by atoms with Crippen LogP contribution in [0.25, 0.3) is 11.6 Å². The normalized spacial score (nSPS) is 10.7. The first kappa shape index (κ1) is 21.0. The highest BCUT2D eigenvalue weighted by Gasteiger charge is 2.16. The molecule has 0 aliphatic heterocycles. The lowest BCUT2D eigenvalue weighted by atomic mass is 10.2. The maximum Gasteiger partial charge on any atom is 0.248 e. The highest BCUT2D eigenvalue weighted by molar-refractivity contribution is 8.00. The molecule has 0 aliphatic carbocycles. The molecule has 0 aliphatic rings. The van der Waals surface area contributed by atoms with Gasteiger partial charge in [0, 0.05) is 11.4 Å². The van der Waals surface area contributed by atoms with E-state index in [1.807, 2.05) is 48.7 Å². The molecule has 152 valence electrons. The largest absolute Gasteiger partial charge is 0.461 e. The van der Waals surface area contributed by atoms with Gasteiger partial charge in [-0.25, -0.2) is 0 Å². The predicted molar refractivity (Wildman–Crippen MR) is 112 cm³/mol. The zero-order valence-corrected chi connectivity index (χ0v) is 17.7. The molecule has 29 heavy (non-hydrogen) atoms. The van der Waals surface area contributed by atoms with Crippen LogP contribution in [0.3, 0.4) is 0 Å². The van der Waals surface area contributed by atoms with Crippen LogP contribution < -0.4 is 10.9 Å². The van der Waals surface area contributed by atoms with Crippen LogP contribution in [0.15, 0.2) is 57.1 Å². The second-order valence-corrected chi connectivity index (χ2v) is 8.01. The fourth-order valence-electron chi connectivity index (χ4n) is 2.39. The van der Waals surface area contributed by atoms with Gasteiger partial charge in [-0.15, -0.1) is 22.0 Å². The third-order valence-electron chi connectivity index (χ3n) is 3.84. The highest BCUT2D eigenvalue weighted by Crippen LogP contribution is 2.24. The Bertz CT molecular complexity index is 955. The van der Waals surface area contributed by atoms with Gasteiger partial charge in [-0.05, 0) is 38.1 Å². The average molecular weight is 432 g/mol. The topological polar surface area (TPSA) is 102 Å². The van der Waals surface area contributed by atoms with E-state index in [4.69, 9.17) is 4.42 Å². The molecule has 0 saturated heterocycles. The van der Waals surface area contributed by atoms with Gasteiger partial charge in [0.05, 0.1) is 17.8 Å². The van der Waals surface area contributed by atoms with Crippen molar-refractivity contribution in [2.75, 3.05) is 11.5 Å². The smallest absolute Gasteiger partial charge is 0.248 e.